The van der Waals surface area contributed by atoms with Crippen molar-refractivity contribution in [1.29, 1.82) is 0 Å². The number of fused-ring (bicyclic) bond motifs is 1. The maximum absolute atomic E-state index is 13.3. The summed E-state index contributed by atoms with van der Waals surface area (Å²) >= 11 is 0. The van der Waals surface area contributed by atoms with E-state index in [9.17, 15) is 27.6 Å². The van der Waals surface area contributed by atoms with E-state index in [4.69, 9.17) is 0 Å². The molecule has 1 aliphatic carbocycles. The Morgan fingerprint density at radius 2 is 1.81 bits per heavy atom. The van der Waals surface area contributed by atoms with Gasteiger partial charge < -0.3 is 15.2 Å². The number of H-pyrrole nitrogens is 1. The zero-order valence-corrected chi connectivity index (χ0v) is 16.7. The van der Waals surface area contributed by atoms with Crippen LogP contribution in [0.4, 0.5) is 24.5 Å². The lowest BCUT2D eigenvalue weighted by Gasteiger charge is -2.32. The Hall–Kier alpha value is -3.10. The van der Waals surface area contributed by atoms with Crippen molar-refractivity contribution in [2.75, 3.05) is 16.8 Å². The first kappa shape index (κ1) is 21.1. The fraction of sp³-hybridized carbons (Fsp3) is 0.409. The van der Waals surface area contributed by atoms with E-state index in [2.05, 4.69) is 5.32 Å². The highest BCUT2D eigenvalue weighted by Crippen LogP contribution is 2.36. The summed E-state index contributed by atoms with van der Waals surface area (Å²) in [6, 6.07) is 8.23. The van der Waals surface area contributed by atoms with Crippen molar-refractivity contribution in [2.45, 2.75) is 38.3 Å². The summed E-state index contributed by atoms with van der Waals surface area (Å²) in [6.45, 7) is 0.538. The second kappa shape index (κ2) is 8.20. The molecule has 0 radical (unpaired) electrons. The lowest BCUT2D eigenvalue weighted by atomic mass is 9.77. The molecule has 9 heteroatoms. The number of benzene rings is 1. The molecule has 1 aromatic heterocycles. The third kappa shape index (κ3) is 4.22. The van der Waals surface area contributed by atoms with Crippen molar-refractivity contribution in [1.82, 2.24) is 4.98 Å². The third-order valence-electron chi connectivity index (χ3n) is 6.06. The number of amides is 2. The second-order valence-corrected chi connectivity index (χ2v) is 7.98. The highest BCUT2D eigenvalue weighted by atomic mass is 19.4. The van der Waals surface area contributed by atoms with E-state index in [0.717, 1.165) is 30.5 Å². The van der Waals surface area contributed by atoms with Gasteiger partial charge in [-0.2, -0.15) is 13.2 Å². The molecule has 6 nitrogen and oxygen atoms in total. The van der Waals surface area contributed by atoms with Gasteiger partial charge in [0.1, 0.15) is 5.69 Å². The molecule has 2 atom stereocenters. The molecule has 31 heavy (non-hydrogen) atoms. The van der Waals surface area contributed by atoms with E-state index < -0.39 is 40.7 Å². The van der Waals surface area contributed by atoms with E-state index >= 15 is 0 Å². The largest absolute Gasteiger partial charge is 0.417 e. The lowest BCUT2D eigenvalue weighted by Crippen LogP contribution is -2.43. The van der Waals surface area contributed by atoms with Crippen LogP contribution in [0.1, 0.15) is 36.8 Å². The van der Waals surface area contributed by atoms with E-state index in [1.807, 2.05) is 29.2 Å². The number of nitrogens with zero attached hydrogens (tertiary/aromatic N) is 1. The summed E-state index contributed by atoms with van der Waals surface area (Å²) in [6.07, 6.45) is -0.864. The highest BCUT2D eigenvalue weighted by Gasteiger charge is 2.40. The average molecular weight is 433 g/mol. The summed E-state index contributed by atoms with van der Waals surface area (Å²) in [5, 5.41) is 2.33. The molecule has 2 N–H and O–H groups in total. The number of halogens is 3. The van der Waals surface area contributed by atoms with Crippen molar-refractivity contribution in [3.05, 3.63) is 58.0 Å². The summed E-state index contributed by atoms with van der Waals surface area (Å²) in [5.74, 6) is -2.04. The Morgan fingerprint density at radius 3 is 2.55 bits per heavy atom. The highest BCUT2D eigenvalue weighted by molar-refractivity contribution is 6.02. The van der Waals surface area contributed by atoms with Gasteiger partial charge in [0.25, 0.3) is 5.56 Å². The number of aromatic nitrogens is 1. The van der Waals surface area contributed by atoms with Crippen LogP contribution in [-0.2, 0) is 22.2 Å². The first-order chi connectivity index (χ1) is 14.8. The van der Waals surface area contributed by atoms with Crippen LogP contribution in [0.15, 0.2) is 41.3 Å². The van der Waals surface area contributed by atoms with Crippen molar-refractivity contribution in [2.24, 2.45) is 11.8 Å². The molecule has 164 valence electrons. The Bertz CT molecular complexity index is 1060. The smallest absolute Gasteiger partial charge is 0.327 e. The standard InChI is InChI=1S/C22H22F3N3O3/c23-22(24,25)14-11-17(20(30)26-12-14)27-19(29)15-6-2-3-7-16(15)21(31)28-10-9-13-5-1-4-8-18(13)28/h1,4-5,8,11-12,15-16H,2-3,6-7,9-10H2,(H,26,30)(H,27,29). The Labute approximate surface area is 176 Å². The lowest BCUT2D eigenvalue weighted by molar-refractivity contribution is -0.137. The third-order valence-corrected chi connectivity index (χ3v) is 6.06. The number of alkyl halides is 3. The predicted octanol–water partition coefficient (Wildman–Crippen LogP) is 3.73. The topological polar surface area (TPSA) is 82.3 Å². The van der Waals surface area contributed by atoms with Gasteiger partial charge in [-0.05, 0) is 37.0 Å². The predicted molar refractivity (Wildman–Crippen MR) is 109 cm³/mol. The number of hydrogen-bond acceptors (Lipinski definition) is 3. The van der Waals surface area contributed by atoms with E-state index in [-0.39, 0.29) is 5.91 Å². The molecule has 0 bridgehead atoms. The summed E-state index contributed by atoms with van der Waals surface area (Å²) < 4.78 is 38.9. The van der Waals surface area contributed by atoms with Crippen LogP contribution in [0.2, 0.25) is 0 Å². The molecule has 1 aromatic carbocycles. The van der Waals surface area contributed by atoms with Gasteiger partial charge in [-0.25, -0.2) is 0 Å². The van der Waals surface area contributed by atoms with E-state index in [1.165, 1.54) is 0 Å². The molecule has 0 spiro atoms. The minimum absolute atomic E-state index is 0.150. The molecule has 0 saturated heterocycles. The zero-order chi connectivity index (χ0) is 22.2. The van der Waals surface area contributed by atoms with Crippen LogP contribution in [0.25, 0.3) is 0 Å². The first-order valence-electron chi connectivity index (χ1n) is 10.3. The van der Waals surface area contributed by atoms with Crippen molar-refractivity contribution >= 4 is 23.2 Å². The minimum Gasteiger partial charge on any atom is -0.327 e. The monoisotopic (exact) mass is 433 g/mol. The number of anilines is 2. The number of carbonyl (C=O) groups is 2. The normalized spacial score (nSPS) is 20.9. The van der Waals surface area contributed by atoms with Gasteiger partial charge in [0, 0.05) is 24.3 Å². The zero-order valence-electron chi connectivity index (χ0n) is 16.7. The summed E-state index contributed by atoms with van der Waals surface area (Å²) in [4.78, 5) is 41.9. The molecule has 2 heterocycles. The van der Waals surface area contributed by atoms with Crippen LogP contribution >= 0.6 is 0 Å². The number of para-hydroxylation sites is 1. The average Bonchev–Trinajstić information content (AvgIpc) is 3.18. The van der Waals surface area contributed by atoms with E-state index in [0.29, 0.717) is 31.6 Å². The van der Waals surface area contributed by atoms with Gasteiger partial charge in [-0.3, -0.25) is 14.4 Å². The minimum atomic E-state index is -4.66. The fourth-order valence-electron chi connectivity index (χ4n) is 4.47. The first-order valence-corrected chi connectivity index (χ1v) is 10.3. The second-order valence-electron chi connectivity index (χ2n) is 7.98. The van der Waals surface area contributed by atoms with E-state index in [1.54, 1.807) is 4.90 Å². The van der Waals surface area contributed by atoms with Crippen molar-refractivity contribution in [3.63, 3.8) is 0 Å². The van der Waals surface area contributed by atoms with Crippen LogP contribution in [-0.4, -0.2) is 23.3 Å². The molecule has 2 aromatic rings. The molecular weight excluding hydrogens is 411 g/mol. The number of nitrogens with one attached hydrogen (secondary N) is 2. The Balaban J connectivity index is 1.55. The van der Waals surface area contributed by atoms with Gasteiger partial charge >= 0.3 is 6.18 Å². The molecule has 1 aliphatic heterocycles. The number of pyridine rings is 1. The maximum Gasteiger partial charge on any atom is 0.417 e. The maximum atomic E-state index is 13.3. The molecule has 1 saturated carbocycles. The van der Waals surface area contributed by atoms with Crippen LogP contribution in [0, 0.1) is 11.8 Å². The van der Waals surface area contributed by atoms with Gasteiger partial charge in [-0.1, -0.05) is 31.0 Å². The molecule has 4 rings (SSSR count). The van der Waals surface area contributed by atoms with Crippen LogP contribution < -0.4 is 15.8 Å². The van der Waals surface area contributed by atoms with Gasteiger partial charge in [-0.15, -0.1) is 0 Å². The fourth-order valence-corrected chi connectivity index (χ4v) is 4.47. The summed E-state index contributed by atoms with van der Waals surface area (Å²) in [5.41, 5.74) is -0.446. The van der Waals surface area contributed by atoms with Crippen molar-refractivity contribution in [3.8, 4) is 0 Å². The molecular formula is C22H22F3N3O3. The van der Waals surface area contributed by atoms with Crippen LogP contribution in [0.3, 0.4) is 0 Å². The molecule has 1 fully saturated rings. The Morgan fingerprint density at radius 1 is 1.10 bits per heavy atom. The van der Waals surface area contributed by atoms with Gasteiger partial charge in [0.15, 0.2) is 0 Å². The summed E-state index contributed by atoms with van der Waals surface area (Å²) in [7, 11) is 0. The quantitative estimate of drug-likeness (QED) is 0.774. The number of rotatable bonds is 3. The van der Waals surface area contributed by atoms with Gasteiger partial charge in [0.2, 0.25) is 11.8 Å². The van der Waals surface area contributed by atoms with Crippen molar-refractivity contribution < 1.29 is 22.8 Å². The Kier molecular flexibility index (Phi) is 5.60. The SMILES string of the molecule is O=C(Nc1cc(C(F)(F)F)c[nH]c1=O)C1CCCCC1C(=O)N1CCc2ccccc21. The molecule has 2 unspecified atom stereocenters. The van der Waals surface area contributed by atoms with Gasteiger partial charge in [0.05, 0.1) is 11.5 Å². The van der Waals surface area contributed by atoms with Crippen LogP contribution in [0.5, 0.6) is 0 Å². The number of carbonyl (C=O) groups excluding carboxylic acids is 2. The number of hydrogen-bond donors (Lipinski definition) is 2. The number of aromatic amines is 1. The molecule has 2 aliphatic rings. The molecule has 2 amide bonds.